The largest absolute Gasteiger partial charge is 0.455 e. The molecule has 2 aromatic carbocycles. The Bertz CT molecular complexity index is 995. The van der Waals surface area contributed by atoms with Crippen LogP contribution in [0.3, 0.4) is 0 Å². The number of halogens is 1. The summed E-state index contributed by atoms with van der Waals surface area (Å²) in [7, 11) is 0. The number of hydrogen-bond acceptors (Lipinski definition) is 4. The van der Waals surface area contributed by atoms with Gasteiger partial charge in [0.15, 0.2) is 6.61 Å². The van der Waals surface area contributed by atoms with Crippen molar-refractivity contribution in [2.75, 3.05) is 23.4 Å². The van der Waals surface area contributed by atoms with Crippen LogP contribution in [0.4, 0.5) is 11.4 Å². The quantitative estimate of drug-likeness (QED) is 0.660. The van der Waals surface area contributed by atoms with E-state index < -0.39 is 17.8 Å². The normalized spacial score (nSPS) is 16.0. The maximum atomic E-state index is 12.5. The van der Waals surface area contributed by atoms with Gasteiger partial charge in [-0.15, -0.1) is 0 Å². The highest BCUT2D eigenvalue weighted by Gasteiger charge is 2.37. The molecule has 1 saturated heterocycles. The van der Waals surface area contributed by atoms with Gasteiger partial charge in [-0.25, -0.2) is 0 Å². The van der Waals surface area contributed by atoms with E-state index in [0.717, 1.165) is 32.4 Å². The predicted molar refractivity (Wildman–Crippen MR) is 120 cm³/mol. The van der Waals surface area contributed by atoms with Crippen molar-refractivity contribution in [3.8, 4) is 0 Å². The van der Waals surface area contributed by atoms with E-state index in [1.807, 2.05) is 58.0 Å². The number of anilines is 2. The van der Waals surface area contributed by atoms with Crippen molar-refractivity contribution in [1.82, 2.24) is 0 Å². The topological polar surface area (TPSA) is 75.7 Å². The average molecular weight is 473 g/mol. The van der Waals surface area contributed by atoms with E-state index in [2.05, 4.69) is 21.2 Å². The Morgan fingerprint density at radius 1 is 1.13 bits per heavy atom. The van der Waals surface area contributed by atoms with E-state index in [1.54, 1.807) is 4.90 Å². The van der Waals surface area contributed by atoms with Crippen molar-refractivity contribution in [2.45, 2.75) is 34.1 Å². The number of carbonyl (C=O) groups is 3. The number of ether oxygens (including phenoxy) is 1. The lowest BCUT2D eigenvalue weighted by molar-refractivity contribution is -0.151. The molecular formula is C23H25BrN2O4. The molecule has 0 aliphatic carbocycles. The number of hydrogen-bond donors (Lipinski definition) is 1. The summed E-state index contributed by atoms with van der Waals surface area (Å²) < 4.78 is 6.18. The van der Waals surface area contributed by atoms with Gasteiger partial charge in [0.25, 0.3) is 5.91 Å². The van der Waals surface area contributed by atoms with Crippen LogP contribution in [0.5, 0.6) is 0 Å². The standard InChI is InChI=1S/C23H25BrN2O4/c1-13-6-5-7-19(16(13)4)26-11-17(10-21(26)28)23(29)30-12-20(27)25-18-8-14(2)22(24)15(3)9-18/h5-9,17H,10-12H2,1-4H3,(H,25,27)/t17-/m1/s1. The molecule has 1 N–H and O–H groups in total. The third-order valence-electron chi connectivity index (χ3n) is 5.39. The van der Waals surface area contributed by atoms with Crippen molar-refractivity contribution in [3.05, 3.63) is 57.1 Å². The molecule has 0 radical (unpaired) electrons. The van der Waals surface area contributed by atoms with E-state index in [-0.39, 0.29) is 25.5 Å². The van der Waals surface area contributed by atoms with Gasteiger partial charge in [-0.2, -0.15) is 0 Å². The molecule has 0 spiro atoms. The van der Waals surface area contributed by atoms with Crippen molar-refractivity contribution in [3.63, 3.8) is 0 Å². The molecule has 0 unspecified atom stereocenters. The average Bonchev–Trinajstić information content (AvgIpc) is 3.08. The Balaban J connectivity index is 1.57. The number of carbonyl (C=O) groups excluding carboxylic acids is 3. The Hall–Kier alpha value is -2.67. The Morgan fingerprint density at radius 3 is 2.47 bits per heavy atom. The van der Waals surface area contributed by atoms with Crippen LogP contribution in [-0.2, 0) is 19.1 Å². The lowest BCUT2D eigenvalue weighted by Gasteiger charge is -2.20. The second kappa shape index (κ2) is 9.00. The molecule has 1 heterocycles. The Labute approximate surface area is 184 Å². The maximum Gasteiger partial charge on any atom is 0.311 e. The minimum absolute atomic E-state index is 0.0823. The number of esters is 1. The number of aryl methyl sites for hydroxylation is 3. The molecule has 3 rings (SSSR count). The van der Waals surface area contributed by atoms with E-state index in [9.17, 15) is 14.4 Å². The number of amides is 2. The van der Waals surface area contributed by atoms with Crippen LogP contribution < -0.4 is 10.2 Å². The molecule has 1 fully saturated rings. The van der Waals surface area contributed by atoms with Crippen LogP contribution in [0.1, 0.15) is 28.7 Å². The third kappa shape index (κ3) is 4.73. The first-order valence-corrected chi connectivity index (χ1v) is 10.6. The van der Waals surface area contributed by atoms with Gasteiger partial charge in [0.2, 0.25) is 5.91 Å². The van der Waals surface area contributed by atoms with Crippen molar-refractivity contribution in [1.29, 1.82) is 0 Å². The van der Waals surface area contributed by atoms with Gasteiger partial charge in [-0.3, -0.25) is 14.4 Å². The van der Waals surface area contributed by atoms with Crippen LogP contribution in [-0.4, -0.2) is 30.9 Å². The summed E-state index contributed by atoms with van der Waals surface area (Å²) in [6.07, 6.45) is 0.0823. The molecule has 2 amide bonds. The zero-order valence-corrected chi connectivity index (χ0v) is 19.1. The van der Waals surface area contributed by atoms with Gasteiger partial charge >= 0.3 is 5.97 Å². The molecule has 1 atom stereocenters. The SMILES string of the molecule is Cc1cccc(N2C[C@H](C(=O)OCC(=O)Nc3cc(C)c(Br)c(C)c3)CC2=O)c1C. The van der Waals surface area contributed by atoms with Crippen LogP contribution in [0.15, 0.2) is 34.8 Å². The molecule has 1 aliphatic rings. The molecule has 6 nitrogen and oxygen atoms in total. The molecule has 0 bridgehead atoms. The monoisotopic (exact) mass is 472 g/mol. The van der Waals surface area contributed by atoms with Crippen LogP contribution in [0.25, 0.3) is 0 Å². The summed E-state index contributed by atoms with van der Waals surface area (Å²) in [5.41, 5.74) is 5.55. The molecule has 0 aromatic heterocycles. The van der Waals surface area contributed by atoms with Crippen LogP contribution in [0, 0.1) is 33.6 Å². The van der Waals surface area contributed by atoms with Crippen LogP contribution in [0.2, 0.25) is 0 Å². The first-order valence-electron chi connectivity index (χ1n) is 9.77. The number of nitrogens with zero attached hydrogens (tertiary/aromatic N) is 1. The van der Waals surface area contributed by atoms with Crippen molar-refractivity contribution in [2.24, 2.45) is 5.92 Å². The minimum atomic E-state index is -0.581. The highest BCUT2D eigenvalue weighted by atomic mass is 79.9. The summed E-state index contributed by atoms with van der Waals surface area (Å²) in [6, 6.07) is 9.44. The summed E-state index contributed by atoms with van der Waals surface area (Å²) in [4.78, 5) is 38.7. The highest BCUT2D eigenvalue weighted by molar-refractivity contribution is 9.10. The predicted octanol–water partition coefficient (Wildman–Crippen LogP) is 4.22. The Kier molecular flexibility index (Phi) is 6.61. The zero-order chi connectivity index (χ0) is 22.0. The number of rotatable bonds is 5. The van der Waals surface area contributed by atoms with Gasteiger partial charge in [0.05, 0.1) is 5.92 Å². The summed E-state index contributed by atoms with van der Waals surface area (Å²) in [5, 5.41) is 2.74. The molecule has 158 valence electrons. The second-order valence-corrected chi connectivity index (χ2v) is 8.50. The lowest BCUT2D eigenvalue weighted by Crippen LogP contribution is -2.28. The van der Waals surface area contributed by atoms with Gasteiger partial charge in [0.1, 0.15) is 0 Å². The van der Waals surface area contributed by atoms with E-state index >= 15 is 0 Å². The molecule has 0 saturated carbocycles. The molecule has 30 heavy (non-hydrogen) atoms. The smallest absolute Gasteiger partial charge is 0.311 e. The van der Waals surface area contributed by atoms with E-state index in [0.29, 0.717) is 5.69 Å². The first kappa shape index (κ1) is 22.0. The van der Waals surface area contributed by atoms with E-state index in [1.165, 1.54) is 0 Å². The summed E-state index contributed by atoms with van der Waals surface area (Å²) in [5.74, 6) is -1.65. The zero-order valence-electron chi connectivity index (χ0n) is 17.5. The second-order valence-electron chi connectivity index (χ2n) is 7.70. The molecular weight excluding hydrogens is 448 g/mol. The van der Waals surface area contributed by atoms with Gasteiger partial charge in [-0.1, -0.05) is 28.1 Å². The third-order valence-corrected chi connectivity index (χ3v) is 6.64. The van der Waals surface area contributed by atoms with E-state index in [4.69, 9.17) is 4.74 Å². The molecule has 7 heteroatoms. The maximum absolute atomic E-state index is 12.5. The summed E-state index contributed by atoms with van der Waals surface area (Å²) in [6.45, 7) is 7.69. The Morgan fingerprint density at radius 2 is 1.80 bits per heavy atom. The molecule has 1 aliphatic heterocycles. The fraction of sp³-hybridized carbons (Fsp3) is 0.348. The number of benzene rings is 2. The fourth-order valence-corrected chi connectivity index (χ4v) is 3.82. The molecule has 2 aromatic rings. The van der Waals surface area contributed by atoms with Gasteiger partial charge in [-0.05, 0) is 68.1 Å². The summed E-state index contributed by atoms with van der Waals surface area (Å²) >= 11 is 3.49. The minimum Gasteiger partial charge on any atom is -0.455 e. The van der Waals surface area contributed by atoms with Crippen molar-refractivity contribution >= 4 is 45.1 Å². The highest BCUT2D eigenvalue weighted by Crippen LogP contribution is 2.30. The van der Waals surface area contributed by atoms with Crippen LogP contribution >= 0.6 is 15.9 Å². The van der Waals surface area contributed by atoms with Crippen molar-refractivity contribution < 1.29 is 19.1 Å². The fourth-order valence-electron chi connectivity index (χ4n) is 3.60. The van der Waals surface area contributed by atoms with Gasteiger partial charge < -0.3 is 15.0 Å². The van der Waals surface area contributed by atoms with Gasteiger partial charge in [0, 0.05) is 28.8 Å². The number of nitrogens with one attached hydrogen (secondary N) is 1. The lowest BCUT2D eigenvalue weighted by atomic mass is 10.1. The first-order chi connectivity index (χ1) is 14.2.